The van der Waals surface area contributed by atoms with Crippen LogP contribution >= 0.6 is 15.9 Å². The maximum absolute atomic E-state index is 13.5. The van der Waals surface area contributed by atoms with Gasteiger partial charge in [-0.05, 0) is 18.2 Å². The number of halogens is 2. The number of non-ortho nitro benzene ring substituents is 1. The summed E-state index contributed by atoms with van der Waals surface area (Å²) in [5.41, 5.74) is -0.161. The van der Waals surface area contributed by atoms with Gasteiger partial charge in [0.1, 0.15) is 17.3 Å². The van der Waals surface area contributed by atoms with Crippen LogP contribution in [0.4, 0.5) is 10.1 Å². The smallest absolute Gasteiger partial charge is 0.274 e. The van der Waals surface area contributed by atoms with Crippen LogP contribution in [0.3, 0.4) is 0 Å². The van der Waals surface area contributed by atoms with Crippen molar-refractivity contribution < 1.29 is 19.2 Å². The van der Waals surface area contributed by atoms with Gasteiger partial charge in [-0.25, -0.2) is 4.39 Å². The lowest BCUT2D eigenvalue weighted by atomic mass is 10.2. The Hall–Kier alpha value is -1.99. The number of benzene rings is 2. The molecule has 2 aromatic rings. The molecule has 0 aliphatic rings. The summed E-state index contributed by atoms with van der Waals surface area (Å²) in [6.07, 6.45) is 0. The molecular formula is C13H9BrFNO4. The Morgan fingerprint density at radius 2 is 2.10 bits per heavy atom. The van der Waals surface area contributed by atoms with Crippen LogP contribution in [0, 0.1) is 15.9 Å². The van der Waals surface area contributed by atoms with Crippen molar-refractivity contribution in [2.45, 2.75) is 6.61 Å². The van der Waals surface area contributed by atoms with Crippen LogP contribution in [0.2, 0.25) is 0 Å². The van der Waals surface area contributed by atoms with Crippen LogP contribution in [0.25, 0.3) is 0 Å². The summed E-state index contributed by atoms with van der Waals surface area (Å²) >= 11 is 3.14. The molecule has 0 saturated carbocycles. The van der Waals surface area contributed by atoms with E-state index in [1.54, 1.807) is 0 Å². The maximum atomic E-state index is 13.5. The Kier molecular flexibility index (Phi) is 4.31. The fourth-order valence-corrected chi connectivity index (χ4v) is 2.09. The van der Waals surface area contributed by atoms with Crippen LogP contribution < -0.4 is 4.74 Å². The van der Waals surface area contributed by atoms with Crippen molar-refractivity contribution in [3.05, 3.63) is 62.4 Å². The van der Waals surface area contributed by atoms with E-state index in [2.05, 4.69) is 15.9 Å². The Balaban J connectivity index is 2.40. The normalized spacial score (nSPS) is 10.3. The van der Waals surface area contributed by atoms with Gasteiger partial charge in [-0.15, -0.1) is 0 Å². The minimum Gasteiger partial charge on any atom is -0.457 e. The summed E-state index contributed by atoms with van der Waals surface area (Å²) in [7, 11) is 0. The molecule has 0 aliphatic heterocycles. The SMILES string of the molecule is O=[N+]([O-])c1cc(Br)cc(Oc2cccc(F)c2CO)c1. The number of nitro groups is 1. The first-order chi connectivity index (χ1) is 9.51. The zero-order valence-corrected chi connectivity index (χ0v) is 11.6. The van der Waals surface area contributed by atoms with E-state index in [1.165, 1.54) is 36.4 Å². The van der Waals surface area contributed by atoms with Crippen molar-refractivity contribution in [2.24, 2.45) is 0 Å². The van der Waals surface area contributed by atoms with E-state index in [1.807, 2.05) is 0 Å². The molecule has 7 heteroatoms. The van der Waals surface area contributed by atoms with E-state index >= 15 is 0 Å². The lowest BCUT2D eigenvalue weighted by molar-refractivity contribution is -0.385. The number of nitro benzene ring substituents is 1. The van der Waals surface area contributed by atoms with Gasteiger partial charge in [-0.2, -0.15) is 0 Å². The van der Waals surface area contributed by atoms with Gasteiger partial charge in [0.2, 0.25) is 0 Å². The number of nitrogens with zero attached hydrogens (tertiary/aromatic N) is 1. The molecule has 1 N–H and O–H groups in total. The van der Waals surface area contributed by atoms with E-state index in [-0.39, 0.29) is 22.7 Å². The second-order valence-electron chi connectivity index (χ2n) is 3.88. The fraction of sp³-hybridized carbons (Fsp3) is 0.0769. The largest absolute Gasteiger partial charge is 0.457 e. The molecule has 0 unspecified atom stereocenters. The first-order valence-corrected chi connectivity index (χ1v) is 6.31. The molecule has 0 spiro atoms. The molecular weight excluding hydrogens is 333 g/mol. The van der Waals surface area contributed by atoms with Gasteiger partial charge in [-0.1, -0.05) is 22.0 Å². The second kappa shape index (κ2) is 5.98. The number of rotatable bonds is 4. The lowest BCUT2D eigenvalue weighted by Gasteiger charge is -2.10. The van der Waals surface area contributed by atoms with Crippen LogP contribution in [0.15, 0.2) is 40.9 Å². The van der Waals surface area contributed by atoms with Gasteiger partial charge < -0.3 is 9.84 Å². The predicted octanol–water partition coefficient (Wildman–Crippen LogP) is 3.78. The van der Waals surface area contributed by atoms with E-state index in [4.69, 9.17) is 9.84 Å². The number of aliphatic hydroxyl groups excluding tert-OH is 1. The molecule has 2 rings (SSSR count). The quantitative estimate of drug-likeness (QED) is 0.678. The maximum Gasteiger partial charge on any atom is 0.274 e. The number of ether oxygens (including phenoxy) is 1. The predicted molar refractivity (Wildman–Crippen MR) is 73.2 cm³/mol. The first-order valence-electron chi connectivity index (χ1n) is 5.52. The second-order valence-corrected chi connectivity index (χ2v) is 4.79. The Morgan fingerprint density at radius 3 is 2.75 bits per heavy atom. The van der Waals surface area contributed by atoms with Gasteiger partial charge in [0.25, 0.3) is 5.69 Å². The Bertz CT molecular complexity index is 663. The zero-order chi connectivity index (χ0) is 14.7. The highest BCUT2D eigenvalue weighted by Gasteiger charge is 2.13. The third-order valence-electron chi connectivity index (χ3n) is 2.53. The van der Waals surface area contributed by atoms with Crippen LogP contribution in [-0.4, -0.2) is 10.0 Å². The average molecular weight is 342 g/mol. The van der Waals surface area contributed by atoms with E-state index in [0.29, 0.717) is 4.47 Å². The molecule has 104 valence electrons. The Morgan fingerprint density at radius 1 is 1.35 bits per heavy atom. The molecule has 0 atom stereocenters. The Labute approximate surface area is 121 Å². The van der Waals surface area contributed by atoms with Crippen molar-refractivity contribution in [1.82, 2.24) is 0 Å². The summed E-state index contributed by atoms with van der Waals surface area (Å²) in [5.74, 6) is -0.319. The average Bonchev–Trinajstić information content (AvgIpc) is 2.38. The van der Waals surface area contributed by atoms with E-state index in [0.717, 1.165) is 0 Å². The van der Waals surface area contributed by atoms with Gasteiger partial charge in [0.15, 0.2) is 0 Å². The monoisotopic (exact) mass is 341 g/mol. The summed E-state index contributed by atoms with van der Waals surface area (Å²) < 4.78 is 19.4. The number of hydrogen-bond acceptors (Lipinski definition) is 4. The topological polar surface area (TPSA) is 72.6 Å². The minimum absolute atomic E-state index is 0.00451. The molecule has 0 aromatic heterocycles. The summed E-state index contributed by atoms with van der Waals surface area (Å²) in [5, 5.41) is 19.9. The molecule has 20 heavy (non-hydrogen) atoms. The lowest BCUT2D eigenvalue weighted by Crippen LogP contribution is -1.96. The summed E-state index contributed by atoms with van der Waals surface area (Å²) in [6, 6.07) is 8.15. The molecule has 0 fully saturated rings. The fourth-order valence-electron chi connectivity index (χ4n) is 1.63. The van der Waals surface area contributed by atoms with Crippen LogP contribution in [0.5, 0.6) is 11.5 Å². The molecule has 0 bridgehead atoms. The van der Waals surface area contributed by atoms with Gasteiger partial charge in [0, 0.05) is 10.5 Å². The standard InChI is InChI=1S/C13H9BrFNO4/c14-8-4-9(16(18)19)6-10(5-8)20-13-3-1-2-12(15)11(13)7-17/h1-6,17H,7H2. The van der Waals surface area contributed by atoms with Crippen LogP contribution in [0.1, 0.15) is 5.56 Å². The highest BCUT2D eigenvalue weighted by atomic mass is 79.9. The summed E-state index contributed by atoms with van der Waals surface area (Å²) in [4.78, 5) is 10.2. The van der Waals surface area contributed by atoms with E-state index in [9.17, 15) is 14.5 Å². The highest BCUT2D eigenvalue weighted by Crippen LogP contribution is 2.32. The molecule has 0 heterocycles. The van der Waals surface area contributed by atoms with Gasteiger partial charge in [0.05, 0.1) is 23.2 Å². The molecule has 0 radical (unpaired) electrons. The third-order valence-corrected chi connectivity index (χ3v) is 2.99. The van der Waals surface area contributed by atoms with Crippen molar-refractivity contribution in [1.29, 1.82) is 0 Å². The number of aliphatic hydroxyl groups is 1. The third kappa shape index (κ3) is 3.12. The first kappa shape index (κ1) is 14.4. The van der Waals surface area contributed by atoms with Crippen molar-refractivity contribution in [3.63, 3.8) is 0 Å². The summed E-state index contributed by atoms with van der Waals surface area (Å²) in [6.45, 7) is -0.530. The molecule has 0 aliphatic carbocycles. The molecule has 0 amide bonds. The van der Waals surface area contributed by atoms with E-state index < -0.39 is 17.3 Å². The highest BCUT2D eigenvalue weighted by molar-refractivity contribution is 9.10. The minimum atomic E-state index is -0.602. The van der Waals surface area contributed by atoms with Crippen LogP contribution in [-0.2, 0) is 6.61 Å². The van der Waals surface area contributed by atoms with Crippen molar-refractivity contribution >= 4 is 21.6 Å². The van der Waals surface area contributed by atoms with Gasteiger partial charge in [-0.3, -0.25) is 10.1 Å². The van der Waals surface area contributed by atoms with Crippen molar-refractivity contribution in [3.8, 4) is 11.5 Å². The zero-order valence-electron chi connectivity index (χ0n) is 10.0. The molecule has 5 nitrogen and oxygen atoms in total. The molecule has 2 aromatic carbocycles. The van der Waals surface area contributed by atoms with Gasteiger partial charge >= 0.3 is 0 Å². The number of hydrogen-bond donors (Lipinski definition) is 1. The van der Waals surface area contributed by atoms with Crippen molar-refractivity contribution in [2.75, 3.05) is 0 Å². The molecule has 0 saturated heterocycles.